The van der Waals surface area contributed by atoms with Gasteiger partial charge in [0.25, 0.3) is 11.5 Å². The summed E-state index contributed by atoms with van der Waals surface area (Å²) >= 11 is 0. The van der Waals surface area contributed by atoms with Crippen LogP contribution in [0.5, 0.6) is 0 Å². The number of aliphatic carboxylic acids is 1. The Balaban J connectivity index is 2.35. The number of carbonyl (C=O) groups excluding carboxylic acids is 2. The number of hydrogen-bond donors (Lipinski definition) is 3. The number of fused-ring (bicyclic) bond motifs is 1. The first-order valence-corrected chi connectivity index (χ1v) is 6.23. The smallest absolute Gasteiger partial charge is 0.325 e. The molecule has 20 heavy (non-hydrogen) atoms. The third-order valence-electron chi connectivity index (χ3n) is 3.22. The molecule has 0 spiro atoms. The Morgan fingerprint density at radius 2 is 2.05 bits per heavy atom. The number of H-pyrrole nitrogens is 1. The molecule has 106 valence electrons. The summed E-state index contributed by atoms with van der Waals surface area (Å²) in [5, 5.41) is 10.9. The second kappa shape index (κ2) is 5.28. The van der Waals surface area contributed by atoms with Gasteiger partial charge < -0.3 is 15.4 Å². The average Bonchev–Trinajstić information content (AvgIpc) is 2.38. The Bertz CT molecular complexity index is 647. The third-order valence-corrected chi connectivity index (χ3v) is 3.22. The molecule has 3 N–H and O–H groups in total. The van der Waals surface area contributed by atoms with Crippen molar-refractivity contribution in [3.8, 4) is 0 Å². The number of pyridine rings is 1. The van der Waals surface area contributed by atoms with Crippen LogP contribution in [0.3, 0.4) is 0 Å². The van der Waals surface area contributed by atoms with Gasteiger partial charge in [-0.3, -0.25) is 19.2 Å². The number of aromatic amines is 1. The summed E-state index contributed by atoms with van der Waals surface area (Å²) < 4.78 is 0. The molecule has 1 aromatic rings. The van der Waals surface area contributed by atoms with E-state index in [9.17, 15) is 19.2 Å². The van der Waals surface area contributed by atoms with Gasteiger partial charge in [0.05, 0.1) is 0 Å². The van der Waals surface area contributed by atoms with Gasteiger partial charge in [-0.15, -0.1) is 0 Å². The van der Waals surface area contributed by atoms with Gasteiger partial charge in [-0.25, -0.2) is 0 Å². The quantitative estimate of drug-likeness (QED) is 0.725. The number of aryl methyl sites for hydroxylation is 1. The van der Waals surface area contributed by atoms with Gasteiger partial charge in [-0.05, 0) is 25.8 Å². The molecule has 0 aliphatic heterocycles. The number of carboxylic acids is 1. The van der Waals surface area contributed by atoms with Crippen molar-refractivity contribution in [3.05, 3.63) is 33.2 Å². The standard InChI is InChI=1S/C13H14N2O5/c1-6(13(19)20)14-11(17)8-5-7-9(15-12(8)18)3-2-4-10(7)16/h5-6H,2-4H2,1H3,(H,14,17)(H,15,18)(H,19,20). The first kappa shape index (κ1) is 14.0. The van der Waals surface area contributed by atoms with E-state index in [1.54, 1.807) is 0 Å². The van der Waals surface area contributed by atoms with Crippen LogP contribution in [-0.4, -0.2) is 33.8 Å². The van der Waals surface area contributed by atoms with Crippen molar-refractivity contribution < 1.29 is 19.5 Å². The van der Waals surface area contributed by atoms with E-state index in [4.69, 9.17) is 5.11 Å². The van der Waals surface area contributed by atoms with Gasteiger partial charge in [-0.2, -0.15) is 0 Å². The van der Waals surface area contributed by atoms with E-state index in [-0.39, 0.29) is 11.3 Å². The van der Waals surface area contributed by atoms with Gasteiger partial charge in [0, 0.05) is 17.7 Å². The van der Waals surface area contributed by atoms with Gasteiger partial charge in [-0.1, -0.05) is 0 Å². The zero-order valence-corrected chi connectivity index (χ0v) is 10.9. The van der Waals surface area contributed by atoms with Crippen LogP contribution in [0.4, 0.5) is 0 Å². The predicted octanol–water partition coefficient (Wildman–Crippen LogP) is 0.0968. The Labute approximate surface area is 114 Å². The fraction of sp³-hybridized carbons (Fsp3) is 0.385. The fourth-order valence-corrected chi connectivity index (χ4v) is 2.08. The van der Waals surface area contributed by atoms with Crippen LogP contribution < -0.4 is 10.9 Å². The van der Waals surface area contributed by atoms with Crippen molar-refractivity contribution in [2.24, 2.45) is 0 Å². The lowest BCUT2D eigenvalue weighted by Crippen LogP contribution is -2.40. The van der Waals surface area contributed by atoms with Crippen LogP contribution in [0.1, 0.15) is 46.2 Å². The van der Waals surface area contributed by atoms with Gasteiger partial charge in [0.1, 0.15) is 11.6 Å². The van der Waals surface area contributed by atoms with Crippen molar-refractivity contribution in [2.75, 3.05) is 0 Å². The molecule has 7 heteroatoms. The molecule has 0 bridgehead atoms. The number of aromatic nitrogens is 1. The van der Waals surface area contributed by atoms with Crippen LogP contribution in [-0.2, 0) is 11.2 Å². The molecule has 0 fully saturated rings. The summed E-state index contributed by atoms with van der Waals surface area (Å²) in [7, 11) is 0. The van der Waals surface area contributed by atoms with E-state index >= 15 is 0 Å². The Kier molecular flexibility index (Phi) is 3.69. The van der Waals surface area contributed by atoms with Crippen LogP contribution >= 0.6 is 0 Å². The number of rotatable bonds is 3. The van der Waals surface area contributed by atoms with Gasteiger partial charge in [0.2, 0.25) is 0 Å². The van der Waals surface area contributed by atoms with Crippen molar-refractivity contribution in [2.45, 2.75) is 32.2 Å². The highest BCUT2D eigenvalue weighted by Crippen LogP contribution is 2.18. The zero-order chi connectivity index (χ0) is 14.9. The zero-order valence-electron chi connectivity index (χ0n) is 10.9. The van der Waals surface area contributed by atoms with Crippen LogP contribution in [0.25, 0.3) is 0 Å². The maximum atomic E-state index is 11.9. The lowest BCUT2D eigenvalue weighted by Gasteiger charge is -2.15. The van der Waals surface area contributed by atoms with E-state index in [0.717, 1.165) is 0 Å². The molecule has 1 aliphatic rings. The van der Waals surface area contributed by atoms with Crippen molar-refractivity contribution in [3.63, 3.8) is 0 Å². The van der Waals surface area contributed by atoms with E-state index in [1.807, 2.05) is 0 Å². The molecule has 0 radical (unpaired) electrons. The number of amides is 1. The molecular formula is C13H14N2O5. The first-order valence-electron chi connectivity index (χ1n) is 6.23. The highest BCUT2D eigenvalue weighted by atomic mass is 16.4. The molecule has 1 heterocycles. The SMILES string of the molecule is CC(NC(=O)c1cc2c([nH]c1=O)CCCC2=O)C(=O)O. The second-order valence-electron chi connectivity index (χ2n) is 4.71. The fourth-order valence-electron chi connectivity index (χ4n) is 2.08. The minimum Gasteiger partial charge on any atom is -0.480 e. The minimum absolute atomic E-state index is 0.122. The summed E-state index contributed by atoms with van der Waals surface area (Å²) in [6.45, 7) is 1.29. The predicted molar refractivity (Wildman–Crippen MR) is 68.9 cm³/mol. The van der Waals surface area contributed by atoms with Crippen LogP contribution in [0.15, 0.2) is 10.9 Å². The van der Waals surface area contributed by atoms with Crippen LogP contribution in [0, 0.1) is 0 Å². The molecule has 7 nitrogen and oxygen atoms in total. The summed E-state index contributed by atoms with van der Waals surface area (Å²) in [5.74, 6) is -2.13. The van der Waals surface area contributed by atoms with Crippen molar-refractivity contribution >= 4 is 17.7 Å². The normalized spacial score (nSPS) is 15.3. The highest BCUT2D eigenvalue weighted by molar-refractivity contribution is 6.02. The number of Topliss-reactive ketones (excluding diaryl/α,β-unsaturated/α-hetero) is 1. The summed E-state index contributed by atoms with van der Waals surface area (Å²) in [6.07, 6.45) is 1.64. The van der Waals surface area contributed by atoms with Crippen LogP contribution in [0.2, 0.25) is 0 Å². The number of ketones is 1. The molecule has 1 aliphatic carbocycles. The lowest BCUT2D eigenvalue weighted by molar-refractivity contribution is -0.138. The third kappa shape index (κ3) is 2.61. The molecule has 1 unspecified atom stereocenters. The molecule has 1 aromatic heterocycles. The van der Waals surface area contributed by atoms with Crippen molar-refractivity contribution in [1.29, 1.82) is 0 Å². The topological polar surface area (TPSA) is 116 Å². The lowest BCUT2D eigenvalue weighted by atomic mass is 9.93. The van der Waals surface area contributed by atoms with Gasteiger partial charge >= 0.3 is 5.97 Å². The van der Waals surface area contributed by atoms with E-state index < -0.39 is 23.5 Å². The Hall–Kier alpha value is -2.44. The summed E-state index contributed by atoms with van der Waals surface area (Å²) in [6, 6.07) is 0.133. The molecule has 1 atom stereocenters. The van der Waals surface area contributed by atoms with Gasteiger partial charge in [0.15, 0.2) is 5.78 Å². The second-order valence-corrected chi connectivity index (χ2v) is 4.71. The van der Waals surface area contributed by atoms with E-state index in [1.165, 1.54) is 13.0 Å². The highest BCUT2D eigenvalue weighted by Gasteiger charge is 2.23. The molecule has 0 saturated heterocycles. The number of carboxylic acid groups (broad SMARTS) is 1. The maximum absolute atomic E-state index is 11.9. The number of nitrogens with one attached hydrogen (secondary N) is 2. The Morgan fingerprint density at radius 3 is 2.70 bits per heavy atom. The molecule has 2 rings (SSSR count). The van der Waals surface area contributed by atoms with Crippen molar-refractivity contribution in [1.82, 2.24) is 10.3 Å². The molecule has 0 aromatic carbocycles. The summed E-state index contributed by atoms with van der Waals surface area (Å²) in [5.41, 5.74) is 0.0127. The average molecular weight is 278 g/mol. The van der Waals surface area contributed by atoms with E-state index in [2.05, 4.69) is 10.3 Å². The molecule has 0 saturated carbocycles. The minimum atomic E-state index is -1.20. The summed E-state index contributed by atoms with van der Waals surface area (Å²) in [4.78, 5) is 48.6. The number of hydrogen-bond acceptors (Lipinski definition) is 4. The maximum Gasteiger partial charge on any atom is 0.325 e. The molecular weight excluding hydrogens is 264 g/mol. The molecule has 1 amide bonds. The monoisotopic (exact) mass is 278 g/mol. The first-order chi connectivity index (χ1) is 9.40. The van der Waals surface area contributed by atoms with E-state index in [0.29, 0.717) is 30.5 Å². The Morgan fingerprint density at radius 1 is 1.35 bits per heavy atom. The largest absolute Gasteiger partial charge is 0.480 e. The number of carbonyl (C=O) groups is 3.